The molecule has 3 N–H and O–H groups in total. The molecule has 0 aliphatic carbocycles. The lowest BCUT2D eigenvalue weighted by molar-refractivity contribution is -0.132. The SMILES string of the molecule is CC1CN(C(=O)[C@@H](N)Cc2ccc(O)cc2)CC(C)S1. The summed E-state index contributed by atoms with van der Waals surface area (Å²) in [5, 5.41) is 10.2. The summed E-state index contributed by atoms with van der Waals surface area (Å²) in [4.78, 5) is 14.3. The minimum atomic E-state index is -0.512. The standard InChI is InChI=1S/C15H22N2O2S/c1-10-8-17(9-11(2)20-10)15(19)14(16)7-12-3-5-13(18)6-4-12/h3-6,10-11,14,18H,7-9,16H2,1-2H3/t10?,11?,14-/m0/s1. The Morgan fingerprint density at radius 2 is 1.90 bits per heavy atom. The highest BCUT2D eigenvalue weighted by atomic mass is 32.2. The summed E-state index contributed by atoms with van der Waals surface area (Å²) in [6, 6.07) is 6.34. The van der Waals surface area contributed by atoms with Crippen molar-refractivity contribution in [3.63, 3.8) is 0 Å². The molecule has 0 saturated carbocycles. The molecule has 1 fully saturated rings. The molecule has 0 aromatic heterocycles. The highest BCUT2D eigenvalue weighted by molar-refractivity contribution is 8.00. The number of rotatable bonds is 3. The quantitative estimate of drug-likeness (QED) is 0.889. The van der Waals surface area contributed by atoms with Crippen LogP contribution in [0.5, 0.6) is 5.75 Å². The lowest BCUT2D eigenvalue weighted by atomic mass is 10.1. The van der Waals surface area contributed by atoms with Crippen LogP contribution in [0.2, 0.25) is 0 Å². The molecule has 1 saturated heterocycles. The minimum absolute atomic E-state index is 0.0251. The van der Waals surface area contributed by atoms with Crippen LogP contribution < -0.4 is 5.73 Å². The Labute approximate surface area is 124 Å². The number of nitrogens with zero attached hydrogens (tertiary/aromatic N) is 1. The predicted molar refractivity (Wildman–Crippen MR) is 82.9 cm³/mol. The first-order chi connectivity index (χ1) is 9.45. The first-order valence-electron chi connectivity index (χ1n) is 6.93. The fraction of sp³-hybridized carbons (Fsp3) is 0.533. The molecule has 110 valence electrons. The largest absolute Gasteiger partial charge is 0.508 e. The lowest BCUT2D eigenvalue weighted by Crippen LogP contribution is -2.51. The molecule has 1 amide bonds. The molecule has 5 heteroatoms. The number of hydrogen-bond donors (Lipinski definition) is 2. The molecule has 20 heavy (non-hydrogen) atoms. The first kappa shape index (κ1) is 15.2. The maximum atomic E-state index is 12.4. The van der Waals surface area contributed by atoms with Gasteiger partial charge in [-0.1, -0.05) is 26.0 Å². The Balaban J connectivity index is 1.96. The van der Waals surface area contributed by atoms with Gasteiger partial charge in [-0.2, -0.15) is 11.8 Å². The number of benzene rings is 1. The third-order valence-corrected chi connectivity index (χ3v) is 4.67. The smallest absolute Gasteiger partial charge is 0.239 e. The molecular formula is C15H22N2O2S. The van der Waals surface area contributed by atoms with Gasteiger partial charge in [-0.05, 0) is 24.1 Å². The van der Waals surface area contributed by atoms with Crippen molar-refractivity contribution in [3.05, 3.63) is 29.8 Å². The van der Waals surface area contributed by atoms with Crippen molar-refractivity contribution in [2.24, 2.45) is 5.73 Å². The van der Waals surface area contributed by atoms with Gasteiger partial charge in [-0.25, -0.2) is 0 Å². The monoisotopic (exact) mass is 294 g/mol. The predicted octanol–water partition coefficient (Wildman–Crippen LogP) is 1.61. The van der Waals surface area contributed by atoms with Crippen molar-refractivity contribution in [2.45, 2.75) is 36.8 Å². The van der Waals surface area contributed by atoms with Crippen molar-refractivity contribution in [2.75, 3.05) is 13.1 Å². The van der Waals surface area contributed by atoms with Gasteiger partial charge in [0.15, 0.2) is 0 Å². The average Bonchev–Trinajstić information content (AvgIpc) is 2.39. The van der Waals surface area contributed by atoms with Crippen LogP contribution in [0, 0.1) is 0 Å². The number of thioether (sulfide) groups is 1. The zero-order valence-corrected chi connectivity index (χ0v) is 12.8. The molecule has 1 aliphatic rings. The number of carbonyl (C=O) groups excluding carboxylic acids is 1. The van der Waals surface area contributed by atoms with E-state index in [2.05, 4.69) is 13.8 Å². The van der Waals surface area contributed by atoms with Crippen LogP contribution >= 0.6 is 11.8 Å². The molecule has 2 rings (SSSR count). The maximum absolute atomic E-state index is 12.4. The summed E-state index contributed by atoms with van der Waals surface area (Å²) < 4.78 is 0. The fourth-order valence-electron chi connectivity index (χ4n) is 2.57. The second kappa shape index (κ2) is 6.50. The van der Waals surface area contributed by atoms with E-state index in [1.54, 1.807) is 24.3 Å². The van der Waals surface area contributed by atoms with Gasteiger partial charge in [0, 0.05) is 23.6 Å². The van der Waals surface area contributed by atoms with E-state index >= 15 is 0 Å². The molecule has 2 unspecified atom stereocenters. The van der Waals surface area contributed by atoms with Gasteiger partial charge in [0.05, 0.1) is 6.04 Å². The van der Waals surface area contributed by atoms with E-state index in [-0.39, 0.29) is 11.7 Å². The Morgan fingerprint density at radius 1 is 1.35 bits per heavy atom. The van der Waals surface area contributed by atoms with Crippen LogP contribution in [0.4, 0.5) is 0 Å². The Bertz CT molecular complexity index is 453. The van der Waals surface area contributed by atoms with Gasteiger partial charge < -0.3 is 15.7 Å². The number of nitrogens with two attached hydrogens (primary N) is 1. The van der Waals surface area contributed by atoms with Gasteiger partial charge in [0.2, 0.25) is 5.91 Å². The molecule has 0 spiro atoms. The highest BCUT2D eigenvalue weighted by Crippen LogP contribution is 2.25. The van der Waals surface area contributed by atoms with E-state index < -0.39 is 6.04 Å². The Morgan fingerprint density at radius 3 is 2.45 bits per heavy atom. The van der Waals surface area contributed by atoms with Crippen molar-refractivity contribution >= 4 is 17.7 Å². The summed E-state index contributed by atoms with van der Waals surface area (Å²) >= 11 is 1.92. The van der Waals surface area contributed by atoms with Crippen molar-refractivity contribution in [3.8, 4) is 5.75 Å². The summed E-state index contributed by atoms with van der Waals surface area (Å²) in [6.45, 7) is 5.84. The number of phenolic OH excluding ortho intramolecular Hbond substituents is 1. The first-order valence-corrected chi connectivity index (χ1v) is 7.87. The zero-order valence-electron chi connectivity index (χ0n) is 12.0. The topological polar surface area (TPSA) is 66.6 Å². The molecule has 0 radical (unpaired) electrons. The summed E-state index contributed by atoms with van der Waals surface area (Å²) in [6.07, 6.45) is 0.505. The van der Waals surface area contributed by atoms with Crippen LogP contribution in [0.15, 0.2) is 24.3 Å². The molecular weight excluding hydrogens is 272 g/mol. The number of phenols is 1. The maximum Gasteiger partial charge on any atom is 0.239 e. The third-order valence-electron chi connectivity index (χ3n) is 3.44. The average molecular weight is 294 g/mol. The number of aromatic hydroxyl groups is 1. The molecule has 0 bridgehead atoms. The summed E-state index contributed by atoms with van der Waals surface area (Å²) in [5.41, 5.74) is 7.02. The fourth-order valence-corrected chi connectivity index (χ4v) is 3.89. The van der Waals surface area contributed by atoms with Crippen LogP contribution in [0.25, 0.3) is 0 Å². The van der Waals surface area contributed by atoms with E-state index in [0.29, 0.717) is 16.9 Å². The molecule has 1 aromatic rings. The van der Waals surface area contributed by atoms with Crippen molar-refractivity contribution in [1.29, 1.82) is 0 Å². The summed E-state index contributed by atoms with van der Waals surface area (Å²) in [7, 11) is 0. The van der Waals surface area contributed by atoms with Crippen LogP contribution in [-0.2, 0) is 11.2 Å². The van der Waals surface area contributed by atoms with Crippen LogP contribution in [-0.4, -0.2) is 45.5 Å². The molecule has 1 aromatic carbocycles. The zero-order chi connectivity index (χ0) is 14.7. The van der Waals surface area contributed by atoms with Crippen molar-refractivity contribution < 1.29 is 9.90 Å². The second-order valence-corrected chi connectivity index (χ2v) is 7.36. The normalized spacial score (nSPS) is 24.4. The van der Waals surface area contributed by atoms with E-state index in [1.165, 1.54) is 0 Å². The van der Waals surface area contributed by atoms with Gasteiger partial charge >= 0.3 is 0 Å². The van der Waals surface area contributed by atoms with Gasteiger partial charge in [0.25, 0.3) is 0 Å². The molecule has 4 nitrogen and oxygen atoms in total. The minimum Gasteiger partial charge on any atom is -0.508 e. The highest BCUT2D eigenvalue weighted by Gasteiger charge is 2.28. The van der Waals surface area contributed by atoms with E-state index in [9.17, 15) is 9.90 Å². The number of hydrogen-bond acceptors (Lipinski definition) is 4. The number of carbonyl (C=O) groups is 1. The van der Waals surface area contributed by atoms with Gasteiger partial charge in [0.1, 0.15) is 5.75 Å². The summed E-state index contributed by atoms with van der Waals surface area (Å²) in [5.74, 6) is 0.251. The molecule has 1 heterocycles. The van der Waals surface area contributed by atoms with Crippen LogP contribution in [0.3, 0.4) is 0 Å². The molecule has 3 atom stereocenters. The van der Waals surface area contributed by atoms with Crippen LogP contribution in [0.1, 0.15) is 19.4 Å². The van der Waals surface area contributed by atoms with Gasteiger partial charge in [-0.15, -0.1) is 0 Å². The Hall–Kier alpha value is -1.20. The second-order valence-electron chi connectivity index (χ2n) is 5.48. The van der Waals surface area contributed by atoms with Crippen molar-refractivity contribution in [1.82, 2.24) is 4.90 Å². The van der Waals surface area contributed by atoms with E-state index in [1.807, 2.05) is 16.7 Å². The Kier molecular flexibility index (Phi) is 4.94. The lowest BCUT2D eigenvalue weighted by Gasteiger charge is -2.36. The number of amides is 1. The third kappa shape index (κ3) is 3.90. The van der Waals surface area contributed by atoms with E-state index in [4.69, 9.17) is 5.73 Å². The molecule has 1 aliphatic heterocycles. The van der Waals surface area contributed by atoms with Gasteiger partial charge in [-0.3, -0.25) is 4.79 Å². The van der Waals surface area contributed by atoms with E-state index in [0.717, 1.165) is 18.7 Å².